The van der Waals surface area contributed by atoms with E-state index in [-0.39, 0.29) is 5.76 Å². The third kappa shape index (κ3) is 3.54. The quantitative estimate of drug-likeness (QED) is 0.360. The van der Waals surface area contributed by atoms with E-state index < -0.39 is 16.7 Å². The van der Waals surface area contributed by atoms with E-state index in [1.54, 1.807) is 0 Å². The van der Waals surface area contributed by atoms with Crippen molar-refractivity contribution in [1.82, 2.24) is 5.32 Å². The summed E-state index contributed by atoms with van der Waals surface area (Å²) in [5.74, 6) is -0.409. The van der Waals surface area contributed by atoms with E-state index in [1.807, 2.05) is 0 Å². The minimum absolute atomic E-state index is 0.0578. The van der Waals surface area contributed by atoms with Gasteiger partial charge in [-0.3, -0.25) is 14.9 Å². The minimum atomic E-state index is -0.690. The number of unbranched alkanes of at least 4 members (excludes halogenated alkanes) is 1. The lowest BCUT2D eigenvalue weighted by molar-refractivity contribution is -0.402. The summed E-state index contributed by atoms with van der Waals surface area (Å²) < 4.78 is 4.73. The topological polar surface area (TPSA) is 85.4 Å². The molecule has 0 saturated heterocycles. The Labute approximate surface area is 96.7 Å². The number of nitro groups is 1. The largest absolute Gasteiger partial charge is 0.433 e. The van der Waals surface area contributed by atoms with Crippen LogP contribution in [0.2, 0.25) is 0 Å². The van der Waals surface area contributed by atoms with Crippen LogP contribution in [0.4, 0.5) is 5.88 Å². The van der Waals surface area contributed by atoms with E-state index in [1.165, 1.54) is 6.07 Å². The van der Waals surface area contributed by atoms with Crippen LogP contribution >= 0.6 is 11.6 Å². The first-order valence-electron chi connectivity index (χ1n) is 4.73. The van der Waals surface area contributed by atoms with Crippen molar-refractivity contribution in [3.05, 3.63) is 28.0 Å². The Balaban J connectivity index is 2.43. The lowest BCUT2D eigenvalue weighted by atomic mass is 10.3. The molecular formula is C9H11ClN2O4. The lowest BCUT2D eigenvalue weighted by Gasteiger charge is -2.00. The standard InChI is InChI=1S/C9H11ClN2O4/c10-5-1-2-6-11-9(13)7-3-4-8(16-7)12(14)15/h3-4H,1-2,5-6H2,(H,11,13). The van der Waals surface area contributed by atoms with Gasteiger partial charge < -0.3 is 9.73 Å². The third-order valence-corrected chi connectivity index (χ3v) is 2.11. The van der Waals surface area contributed by atoms with Crippen molar-refractivity contribution in [1.29, 1.82) is 0 Å². The zero-order valence-corrected chi connectivity index (χ0v) is 9.20. The number of hydrogen-bond donors (Lipinski definition) is 1. The normalized spacial score (nSPS) is 10.1. The number of carbonyl (C=O) groups excluding carboxylic acids is 1. The molecule has 0 aliphatic carbocycles. The second kappa shape index (κ2) is 6.12. The molecule has 1 heterocycles. The van der Waals surface area contributed by atoms with Gasteiger partial charge in [-0.15, -0.1) is 11.6 Å². The average Bonchev–Trinajstić information content (AvgIpc) is 2.73. The number of amides is 1. The molecular weight excluding hydrogens is 236 g/mol. The molecule has 0 spiro atoms. The molecule has 1 rings (SSSR count). The van der Waals surface area contributed by atoms with Crippen molar-refractivity contribution in [3.8, 4) is 0 Å². The monoisotopic (exact) mass is 246 g/mol. The van der Waals surface area contributed by atoms with Gasteiger partial charge >= 0.3 is 5.88 Å². The summed E-state index contributed by atoms with van der Waals surface area (Å²) in [4.78, 5) is 21.0. The Morgan fingerprint density at radius 3 is 2.81 bits per heavy atom. The number of carbonyl (C=O) groups is 1. The van der Waals surface area contributed by atoms with E-state index in [9.17, 15) is 14.9 Å². The summed E-state index contributed by atoms with van der Waals surface area (Å²) in [5, 5.41) is 12.9. The highest BCUT2D eigenvalue weighted by atomic mass is 35.5. The second-order valence-corrected chi connectivity index (χ2v) is 3.42. The molecule has 16 heavy (non-hydrogen) atoms. The van der Waals surface area contributed by atoms with Crippen molar-refractivity contribution in [2.24, 2.45) is 0 Å². The fourth-order valence-corrected chi connectivity index (χ4v) is 1.25. The fraction of sp³-hybridized carbons (Fsp3) is 0.444. The molecule has 0 aliphatic rings. The number of furan rings is 1. The van der Waals surface area contributed by atoms with Gasteiger partial charge in [0.25, 0.3) is 5.91 Å². The van der Waals surface area contributed by atoms with E-state index >= 15 is 0 Å². The highest BCUT2D eigenvalue weighted by molar-refractivity contribution is 6.17. The van der Waals surface area contributed by atoms with Crippen molar-refractivity contribution in [2.45, 2.75) is 12.8 Å². The highest BCUT2D eigenvalue weighted by Crippen LogP contribution is 2.15. The van der Waals surface area contributed by atoms with Gasteiger partial charge in [-0.05, 0) is 18.9 Å². The summed E-state index contributed by atoms with van der Waals surface area (Å²) in [6, 6.07) is 2.42. The van der Waals surface area contributed by atoms with Crippen LogP contribution in [-0.4, -0.2) is 23.3 Å². The van der Waals surface area contributed by atoms with Crippen molar-refractivity contribution in [3.63, 3.8) is 0 Å². The molecule has 1 aromatic heterocycles. The number of alkyl halides is 1. The number of rotatable bonds is 6. The maximum Gasteiger partial charge on any atom is 0.433 e. The zero-order valence-electron chi connectivity index (χ0n) is 8.44. The van der Waals surface area contributed by atoms with Crippen molar-refractivity contribution in [2.75, 3.05) is 12.4 Å². The molecule has 0 atom stereocenters. The second-order valence-electron chi connectivity index (χ2n) is 3.05. The molecule has 1 aromatic rings. The van der Waals surface area contributed by atoms with Gasteiger partial charge in [0.2, 0.25) is 0 Å². The van der Waals surface area contributed by atoms with Crippen molar-refractivity contribution < 1.29 is 14.1 Å². The molecule has 6 nitrogen and oxygen atoms in total. The first kappa shape index (κ1) is 12.5. The van der Waals surface area contributed by atoms with Crippen molar-refractivity contribution >= 4 is 23.4 Å². The molecule has 7 heteroatoms. The average molecular weight is 247 g/mol. The predicted molar refractivity (Wildman–Crippen MR) is 57.6 cm³/mol. The van der Waals surface area contributed by atoms with Crippen LogP contribution in [0.3, 0.4) is 0 Å². The number of nitrogens with zero attached hydrogens (tertiary/aromatic N) is 1. The Bertz CT molecular complexity index is 377. The van der Waals surface area contributed by atoms with Crippen LogP contribution in [0, 0.1) is 10.1 Å². The summed E-state index contributed by atoms with van der Waals surface area (Å²) >= 11 is 5.47. The Kier molecular flexibility index (Phi) is 4.78. The molecule has 0 saturated carbocycles. The molecule has 0 aliphatic heterocycles. The van der Waals surface area contributed by atoms with Crippen LogP contribution in [0.15, 0.2) is 16.5 Å². The Morgan fingerprint density at radius 2 is 2.25 bits per heavy atom. The predicted octanol–water partition coefficient (Wildman–Crippen LogP) is 1.94. The summed E-state index contributed by atoms with van der Waals surface area (Å²) in [7, 11) is 0. The lowest BCUT2D eigenvalue weighted by Crippen LogP contribution is -2.23. The van der Waals surface area contributed by atoms with E-state index in [2.05, 4.69) is 5.32 Å². The maximum atomic E-state index is 11.4. The van der Waals surface area contributed by atoms with E-state index in [0.29, 0.717) is 12.4 Å². The van der Waals surface area contributed by atoms with Gasteiger partial charge in [-0.2, -0.15) is 0 Å². The highest BCUT2D eigenvalue weighted by Gasteiger charge is 2.16. The molecule has 0 aromatic carbocycles. The zero-order chi connectivity index (χ0) is 12.0. The maximum absolute atomic E-state index is 11.4. The SMILES string of the molecule is O=C(NCCCCCl)c1ccc([N+](=O)[O-])o1. The summed E-state index contributed by atoms with van der Waals surface area (Å²) in [5.41, 5.74) is 0. The minimum Gasteiger partial charge on any atom is -0.395 e. The van der Waals surface area contributed by atoms with Gasteiger partial charge in [0.1, 0.15) is 4.92 Å². The molecule has 0 fully saturated rings. The third-order valence-electron chi connectivity index (χ3n) is 1.84. The van der Waals surface area contributed by atoms with Gasteiger partial charge in [-0.1, -0.05) is 0 Å². The van der Waals surface area contributed by atoms with Gasteiger partial charge in [-0.25, -0.2) is 0 Å². The molecule has 88 valence electrons. The number of nitrogens with one attached hydrogen (secondary N) is 1. The molecule has 0 bridgehead atoms. The van der Waals surface area contributed by atoms with Crippen LogP contribution in [-0.2, 0) is 0 Å². The first-order chi connectivity index (χ1) is 7.65. The molecule has 1 amide bonds. The molecule has 0 radical (unpaired) electrons. The number of halogens is 1. The van der Waals surface area contributed by atoms with Crippen LogP contribution in [0.1, 0.15) is 23.4 Å². The summed E-state index contributed by atoms with van der Waals surface area (Å²) in [6.45, 7) is 0.472. The van der Waals surface area contributed by atoms with E-state index in [0.717, 1.165) is 18.9 Å². The van der Waals surface area contributed by atoms with Gasteiger partial charge in [0.15, 0.2) is 5.76 Å². The smallest absolute Gasteiger partial charge is 0.395 e. The Hall–Kier alpha value is -1.56. The van der Waals surface area contributed by atoms with Gasteiger partial charge in [0, 0.05) is 12.4 Å². The van der Waals surface area contributed by atoms with Gasteiger partial charge in [0.05, 0.1) is 6.07 Å². The van der Waals surface area contributed by atoms with Crippen LogP contribution in [0.5, 0.6) is 0 Å². The van der Waals surface area contributed by atoms with Crippen LogP contribution in [0.25, 0.3) is 0 Å². The molecule has 1 N–H and O–H groups in total. The fourth-order valence-electron chi connectivity index (χ4n) is 1.06. The van der Waals surface area contributed by atoms with Crippen LogP contribution < -0.4 is 5.32 Å². The molecule has 0 unspecified atom stereocenters. The summed E-state index contributed by atoms with van der Waals surface area (Å²) in [6.07, 6.45) is 1.57. The first-order valence-corrected chi connectivity index (χ1v) is 5.27. The Morgan fingerprint density at radius 1 is 1.50 bits per heavy atom. The number of hydrogen-bond acceptors (Lipinski definition) is 4. The van der Waals surface area contributed by atoms with E-state index in [4.69, 9.17) is 16.0 Å².